The average molecular weight is 434 g/mol. The summed E-state index contributed by atoms with van der Waals surface area (Å²) < 4.78 is 13.7. The Morgan fingerprint density at radius 3 is 2.44 bits per heavy atom. The standard InChI is InChI=1S/C24H26N4O4/c1-5-26(6-2)22(29)15-27-19-10-8-7-9-17(19)23-25-18(14-28(23)24(27)30)16-11-12-20(31-3)21(13-16)32-4/h7-14H,5-6,15H2,1-4H3. The van der Waals surface area contributed by atoms with E-state index >= 15 is 0 Å². The first-order chi connectivity index (χ1) is 15.5. The molecule has 8 nitrogen and oxygen atoms in total. The summed E-state index contributed by atoms with van der Waals surface area (Å²) in [6.45, 7) is 5.02. The number of fused-ring (bicyclic) bond motifs is 3. The van der Waals surface area contributed by atoms with E-state index in [0.717, 1.165) is 10.9 Å². The van der Waals surface area contributed by atoms with E-state index in [1.165, 1.54) is 8.97 Å². The van der Waals surface area contributed by atoms with Gasteiger partial charge in [0.05, 0.1) is 25.4 Å². The van der Waals surface area contributed by atoms with Gasteiger partial charge in [-0.3, -0.25) is 13.8 Å². The van der Waals surface area contributed by atoms with Crippen molar-refractivity contribution in [2.24, 2.45) is 0 Å². The maximum atomic E-state index is 13.4. The summed E-state index contributed by atoms with van der Waals surface area (Å²) in [5.74, 6) is 1.10. The van der Waals surface area contributed by atoms with E-state index in [2.05, 4.69) is 0 Å². The van der Waals surface area contributed by atoms with Gasteiger partial charge >= 0.3 is 5.69 Å². The Morgan fingerprint density at radius 1 is 1.03 bits per heavy atom. The Bertz CT molecular complexity index is 1350. The van der Waals surface area contributed by atoms with Crippen molar-refractivity contribution < 1.29 is 14.3 Å². The van der Waals surface area contributed by atoms with E-state index in [9.17, 15) is 9.59 Å². The van der Waals surface area contributed by atoms with Crippen LogP contribution in [0.2, 0.25) is 0 Å². The number of hydrogen-bond donors (Lipinski definition) is 0. The number of carbonyl (C=O) groups excluding carboxylic acids is 1. The molecule has 32 heavy (non-hydrogen) atoms. The fourth-order valence-electron chi connectivity index (χ4n) is 3.95. The second kappa shape index (κ2) is 8.74. The number of rotatable bonds is 7. The molecule has 0 aliphatic heterocycles. The molecule has 4 rings (SSSR count). The molecule has 2 heterocycles. The predicted molar refractivity (Wildman–Crippen MR) is 123 cm³/mol. The average Bonchev–Trinajstić information content (AvgIpc) is 3.28. The molecule has 0 N–H and O–H groups in total. The van der Waals surface area contributed by atoms with Gasteiger partial charge in [0.1, 0.15) is 6.54 Å². The van der Waals surface area contributed by atoms with Gasteiger partial charge in [-0.15, -0.1) is 0 Å². The minimum atomic E-state index is -0.307. The van der Waals surface area contributed by atoms with E-state index < -0.39 is 0 Å². The van der Waals surface area contributed by atoms with E-state index in [0.29, 0.717) is 41.4 Å². The summed E-state index contributed by atoms with van der Waals surface area (Å²) in [5, 5.41) is 0.797. The van der Waals surface area contributed by atoms with Crippen molar-refractivity contribution in [3.05, 3.63) is 59.1 Å². The number of para-hydroxylation sites is 1. The molecule has 8 heteroatoms. The van der Waals surface area contributed by atoms with E-state index in [4.69, 9.17) is 14.5 Å². The largest absolute Gasteiger partial charge is 0.493 e. The van der Waals surface area contributed by atoms with Crippen molar-refractivity contribution in [1.29, 1.82) is 0 Å². The van der Waals surface area contributed by atoms with Crippen molar-refractivity contribution in [3.8, 4) is 22.8 Å². The van der Waals surface area contributed by atoms with Crippen LogP contribution in [-0.4, -0.2) is 52.1 Å². The third-order valence-electron chi connectivity index (χ3n) is 5.67. The van der Waals surface area contributed by atoms with Gasteiger partial charge in [0.25, 0.3) is 0 Å². The molecular weight excluding hydrogens is 408 g/mol. The van der Waals surface area contributed by atoms with Gasteiger partial charge in [0.15, 0.2) is 17.1 Å². The maximum Gasteiger partial charge on any atom is 0.334 e. The van der Waals surface area contributed by atoms with Crippen molar-refractivity contribution in [1.82, 2.24) is 18.9 Å². The molecule has 0 unspecified atom stereocenters. The molecule has 4 aromatic rings. The lowest BCUT2D eigenvalue weighted by Gasteiger charge is -2.20. The van der Waals surface area contributed by atoms with E-state index in [1.54, 1.807) is 31.4 Å². The first-order valence-electron chi connectivity index (χ1n) is 10.5. The molecule has 2 aromatic heterocycles. The molecule has 0 aliphatic rings. The zero-order chi connectivity index (χ0) is 22.8. The van der Waals surface area contributed by atoms with E-state index in [-0.39, 0.29) is 18.1 Å². The number of ether oxygens (including phenoxy) is 2. The lowest BCUT2D eigenvalue weighted by atomic mass is 10.1. The first-order valence-corrected chi connectivity index (χ1v) is 10.5. The quantitative estimate of drug-likeness (QED) is 0.446. The summed E-state index contributed by atoms with van der Waals surface area (Å²) in [6, 6.07) is 13.0. The molecule has 1 amide bonds. The van der Waals surface area contributed by atoms with Crippen LogP contribution in [0.3, 0.4) is 0 Å². The summed E-state index contributed by atoms with van der Waals surface area (Å²) in [5.41, 5.74) is 2.33. The molecule has 0 bridgehead atoms. The minimum Gasteiger partial charge on any atom is -0.493 e. The summed E-state index contributed by atoms with van der Waals surface area (Å²) in [6.07, 6.45) is 1.70. The van der Waals surface area contributed by atoms with Crippen LogP contribution in [0.1, 0.15) is 13.8 Å². The third kappa shape index (κ3) is 3.57. The van der Waals surface area contributed by atoms with Crippen LogP contribution < -0.4 is 15.2 Å². The molecule has 0 saturated carbocycles. The van der Waals surface area contributed by atoms with Gasteiger partial charge in [0.2, 0.25) is 5.91 Å². The van der Waals surface area contributed by atoms with Crippen LogP contribution >= 0.6 is 0 Å². The number of methoxy groups -OCH3 is 2. The number of benzene rings is 2. The van der Waals surface area contributed by atoms with Crippen LogP contribution in [0, 0.1) is 0 Å². The monoisotopic (exact) mass is 434 g/mol. The van der Waals surface area contributed by atoms with Gasteiger partial charge in [-0.05, 0) is 44.2 Å². The molecular formula is C24H26N4O4. The highest BCUT2D eigenvalue weighted by molar-refractivity contribution is 5.93. The Labute approximate surface area is 185 Å². The van der Waals surface area contributed by atoms with E-state index in [1.807, 2.05) is 50.2 Å². The van der Waals surface area contributed by atoms with Crippen molar-refractivity contribution >= 4 is 22.5 Å². The summed E-state index contributed by atoms with van der Waals surface area (Å²) in [4.78, 5) is 32.7. The highest BCUT2D eigenvalue weighted by Gasteiger charge is 2.18. The van der Waals surface area contributed by atoms with Crippen LogP contribution in [-0.2, 0) is 11.3 Å². The Kier molecular flexibility index (Phi) is 5.85. The molecule has 0 atom stereocenters. The Morgan fingerprint density at radius 2 is 1.75 bits per heavy atom. The van der Waals surface area contributed by atoms with Gasteiger partial charge in [-0.2, -0.15) is 0 Å². The van der Waals surface area contributed by atoms with Gasteiger partial charge in [0, 0.05) is 30.2 Å². The smallest absolute Gasteiger partial charge is 0.334 e. The highest BCUT2D eigenvalue weighted by Crippen LogP contribution is 2.32. The molecule has 166 valence electrons. The lowest BCUT2D eigenvalue weighted by Crippen LogP contribution is -2.37. The molecule has 0 saturated heterocycles. The molecule has 0 aliphatic carbocycles. The van der Waals surface area contributed by atoms with Crippen LogP contribution in [0.4, 0.5) is 0 Å². The highest BCUT2D eigenvalue weighted by atomic mass is 16.5. The normalized spacial score (nSPS) is 11.1. The fourth-order valence-corrected chi connectivity index (χ4v) is 3.95. The number of nitrogens with zero attached hydrogens (tertiary/aromatic N) is 4. The second-order valence-electron chi connectivity index (χ2n) is 7.34. The molecule has 2 aromatic carbocycles. The van der Waals surface area contributed by atoms with Gasteiger partial charge in [-0.25, -0.2) is 9.78 Å². The molecule has 0 radical (unpaired) electrons. The lowest BCUT2D eigenvalue weighted by molar-refractivity contribution is -0.131. The fraction of sp³-hybridized carbons (Fsp3) is 0.292. The zero-order valence-electron chi connectivity index (χ0n) is 18.7. The number of amides is 1. The predicted octanol–water partition coefficient (Wildman–Crippen LogP) is 3.20. The van der Waals surface area contributed by atoms with Crippen LogP contribution in [0.5, 0.6) is 11.5 Å². The Balaban J connectivity index is 1.90. The minimum absolute atomic E-state index is 0.0269. The Hall–Kier alpha value is -3.81. The number of aromatic nitrogens is 3. The van der Waals surface area contributed by atoms with Crippen molar-refractivity contribution in [3.63, 3.8) is 0 Å². The van der Waals surface area contributed by atoms with Gasteiger partial charge in [-0.1, -0.05) is 12.1 Å². The molecule has 0 spiro atoms. The van der Waals surface area contributed by atoms with Crippen molar-refractivity contribution in [2.75, 3.05) is 27.3 Å². The zero-order valence-corrected chi connectivity index (χ0v) is 18.7. The number of imidazole rings is 1. The van der Waals surface area contributed by atoms with Crippen LogP contribution in [0.15, 0.2) is 53.5 Å². The number of likely N-dealkylation sites (N-methyl/N-ethyl adjacent to an activating group) is 1. The van der Waals surface area contributed by atoms with Crippen molar-refractivity contribution in [2.45, 2.75) is 20.4 Å². The number of hydrogen-bond acceptors (Lipinski definition) is 5. The van der Waals surface area contributed by atoms with Crippen LogP contribution in [0.25, 0.3) is 27.8 Å². The summed E-state index contributed by atoms with van der Waals surface area (Å²) in [7, 11) is 3.15. The van der Waals surface area contributed by atoms with Gasteiger partial charge < -0.3 is 14.4 Å². The maximum absolute atomic E-state index is 13.4. The second-order valence-corrected chi connectivity index (χ2v) is 7.34. The SMILES string of the molecule is CCN(CC)C(=O)Cn1c(=O)n2cc(-c3ccc(OC)c(OC)c3)nc2c2ccccc21. The molecule has 0 fully saturated rings. The first kappa shape index (κ1) is 21.4. The third-order valence-corrected chi connectivity index (χ3v) is 5.67. The number of carbonyl (C=O) groups is 1. The topological polar surface area (TPSA) is 78.1 Å². The summed E-state index contributed by atoms with van der Waals surface area (Å²) >= 11 is 0.